The van der Waals surface area contributed by atoms with E-state index < -0.39 is 0 Å². The van der Waals surface area contributed by atoms with E-state index in [1.165, 1.54) is 0 Å². The third-order valence-electron chi connectivity index (χ3n) is 2.39. The molecule has 1 amide bonds. The van der Waals surface area contributed by atoms with Crippen LogP contribution in [-0.4, -0.2) is 16.2 Å². The van der Waals surface area contributed by atoms with Gasteiger partial charge in [0.25, 0.3) is 5.91 Å². The second kappa shape index (κ2) is 3.48. The zero-order valence-electron chi connectivity index (χ0n) is 7.70. The number of carbonyl (C=O) groups is 1. The van der Waals surface area contributed by atoms with Crippen LogP contribution in [0, 0.1) is 0 Å². The number of hydrogen-bond donors (Lipinski definition) is 1. The summed E-state index contributed by atoms with van der Waals surface area (Å²) in [5, 5.41) is 0.582. The first kappa shape index (κ1) is 9.87. The monoisotopic (exact) mass is 227 g/mol. The van der Waals surface area contributed by atoms with Crippen LogP contribution in [0.15, 0.2) is 18.2 Å². The highest BCUT2D eigenvalue weighted by Crippen LogP contribution is 2.30. The van der Waals surface area contributed by atoms with Crippen LogP contribution < -0.4 is 0 Å². The topological polar surface area (TPSA) is 20.3 Å². The molecule has 1 aliphatic rings. The fourth-order valence-corrected chi connectivity index (χ4v) is 2.04. The van der Waals surface area contributed by atoms with Crippen molar-refractivity contribution in [3.8, 4) is 0 Å². The van der Waals surface area contributed by atoms with Crippen LogP contribution >= 0.6 is 24.2 Å². The molecule has 2 rings (SSSR count). The van der Waals surface area contributed by atoms with Crippen LogP contribution in [0.3, 0.4) is 0 Å². The van der Waals surface area contributed by atoms with Gasteiger partial charge in [-0.05, 0) is 19.1 Å². The van der Waals surface area contributed by atoms with Crippen LogP contribution in [0.25, 0.3) is 0 Å². The first-order valence-electron chi connectivity index (χ1n) is 4.37. The van der Waals surface area contributed by atoms with Crippen LogP contribution in [-0.2, 0) is 6.54 Å². The zero-order valence-corrected chi connectivity index (χ0v) is 9.35. The van der Waals surface area contributed by atoms with Crippen molar-refractivity contribution < 1.29 is 4.79 Å². The Hall–Kier alpha value is -0.670. The average Bonchev–Trinajstić information content (AvgIpc) is 2.46. The second-order valence-corrected chi connectivity index (χ2v) is 4.49. The minimum absolute atomic E-state index is 0.0185. The minimum Gasteiger partial charge on any atom is -0.323 e. The summed E-state index contributed by atoms with van der Waals surface area (Å²) < 4.78 is 0. The summed E-state index contributed by atoms with van der Waals surface area (Å²) in [6.45, 7) is 2.44. The van der Waals surface area contributed by atoms with E-state index in [9.17, 15) is 4.79 Å². The van der Waals surface area contributed by atoms with Gasteiger partial charge in [0.2, 0.25) is 0 Å². The molecule has 1 aliphatic heterocycles. The van der Waals surface area contributed by atoms with Gasteiger partial charge in [0.1, 0.15) is 0 Å². The number of fused-ring (bicyclic) bond motifs is 1. The third kappa shape index (κ3) is 1.41. The molecule has 74 valence electrons. The van der Waals surface area contributed by atoms with Crippen molar-refractivity contribution >= 4 is 30.1 Å². The lowest BCUT2D eigenvalue weighted by Crippen LogP contribution is -2.29. The van der Waals surface area contributed by atoms with Gasteiger partial charge in [0.05, 0.1) is 5.37 Å². The molecule has 0 aromatic heterocycles. The van der Waals surface area contributed by atoms with Crippen molar-refractivity contribution in [1.82, 2.24) is 4.90 Å². The lowest BCUT2D eigenvalue weighted by Gasteiger charge is -2.18. The molecule has 1 unspecified atom stereocenters. The number of hydrogen-bond acceptors (Lipinski definition) is 2. The molecule has 1 atom stereocenters. The highest BCUT2D eigenvalue weighted by Gasteiger charge is 2.30. The normalized spacial score (nSPS) is 17.1. The molecule has 4 heteroatoms. The number of halogens is 1. The number of thiol groups is 1. The van der Waals surface area contributed by atoms with Crippen molar-refractivity contribution in [1.29, 1.82) is 0 Å². The highest BCUT2D eigenvalue weighted by atomic mass is 35.5. The fourth-order valence-electron chi connectivity index (χ4n) is 1.62. The van der Waals surface area contributed by atoms with E-state index >= 15 is 0 Å². The summed E-state index contributed by atoms with van der Waals surface area (Å²) in [5.74, 6) is 0.0185. The molecule has 1 aromatic rings. The maximum absolute atomic E-state index is 11.8. The van der Waals surface area contributed by atoms with E-state index in [0.717, 1.165) is 5.56 Å². The molecule has 0 N–H and O–H groups in total. The summed E-state index contributed by atoms with van der Waals surface area (Å²) in [4.78, 5) is 13.5. The van der Waals surface area contributed by atoms with Gasteiger partial charge in [-0.25, -0.2) is 0 Å². The van der Waals surface area contributed by atoms with Gasteiger partial charge in [0.15, 0.2) is 0 Å². The lowest BCUT2D eigenvalue weighted by atomic mass is 10.1. The molecule has 0 saturated carbocycles. The Labute approximate surface area is 93.3 Å². The summed E-state index contributed by atoms with van der Waals surface area (Å²) in [6, 6.07) is 5.41. The van der Waals surface area contributed by atoms with E-state index in [1.807, 2.05) is 6.92 Å². The number of rotatable bonds is 1. The lowest BCUT2D eigenvalue weighted by molar-refractivity contribution is 0.0771. The van der Waals surface area contributed by atoms with Gasteiger partial charge in [-0.2, -0.15) is 12.6 Å². The second-order valence-electron chi connectivity index (χ2n) is 3.33. The predicted octanol–water partition coefficient (Wildman–Crippen LogP) is 2.57. The Kier molecular flexibility index (Phi) is 2.45. The Balaban J connectivity index is 2.45. The molecular formula is C10H10ClNOS. The molecule has 0 radical (unpaired) electrons. The molecule has 14 heavy (non-hydrogen) atoms. The first-order chi connectivity index (χ1) is 6.61. The Morgan fingerprint density at radius 3 is 2.86 bits per heavy atom. The molecule has 0 bridgehead atoms. The maximum atomic E-state index is 11.8. The Morgan fingerprint density at radius 1 is 1.57 bits per heavy atom. The van der Waals surface area contributed by atoms with Crippen molar-refractivity contribution in [3.05, 3.63) is 34.3 Å². The van der Waals surface area contributed by atoms with Gasteiger partial charge >= 0.3 is 0 Å². The van der Waals surface area contributed by atoms with Gasteiger partial charge in [-0.15, -0.1) is 0 Å². The molecule has 0 saturated heterocycles. The van der Waals surface area contributed by atoms with E-state index in [1.54, 1.807) is 23.1 Å². The molecule has 0 spiro atoms. The van der Waals surface area contributed by atoms with Crippen LogP contribution in [0.1, 0.15) is 22.8 Å². The van der Waals surface area contributed by atoms with Crippen molar-refractivity contribution in [2.45, 2.75) is 18.8 Å². The summed E-state index contributed by atoms with van der Waals surface area (Å²) in [5.41, 5.74) is 1.62. The standard InChI is InChI=1S/C10H10ClNOS/c1-6(14)12-5-8-7(10(12)13)3-2-4-9(8)11/h2-4,6,14H,5H2,1H3. The van der Waals surface area contributed by atoms with Crippen LogP contribution in [0.5, 0.6) is 0 Å². The minimum atomic E-state index is -0.0778. The maximum Gasteiger partial charge on any atom is 0.255 e. The van der Waals surface area contributed by atoms with Crippen molar-refractivity contribution in [2.24, 2.45) is 0 Å². The quantitative estimate of drug-likeness (QED) is 0.732. The molecule has 2 nitrogen and oxygen atoms in total. The van der Waals surface area contributed by atoms with Crippen LogP contribution in [0.4, 0.5) is 0 Å². The molecular weight excluding hydrogens is 218 g/mol. The van der Waals surface area contributed by atoms with Gasteiger partial charge < -0.3 is 4.90 Å². The summed E-state index contributed by atoms with van der Waals surface area (Å²) in [7, 11) is 0. The number of nitrogens with zero attached hydrogens (tertiary/aromatic N) is 1. The predicted molar refractivity (Wildman–Crippen MR) is 59.8 cm³/mol. The number of amides is 1. The molecule has 1 heterocycles. The molecule has 0 fully saturated rings. The summed E-state index contributed by atoms with van der Waals surface area (Å²) in [6.07, 6.45) is 0. The number of benzene rings is 1. The summed E-state index contributed by atoms with van der Waals surface area (Å²) >= 11 is 10.3. The van der Waals surface area contributed by atoms with Gasteiger partial charge in [-0.1, -0.05) is 17.7 Å². The van der Waals surface area contributed by atoms with E-state index in [-0.39, 0.29) is 11.3 Å². The van der Waals surface area contributed by atoms with E-state index in [0.29, 0.717) is 17.1 Å². The van der Waals surface area contributed by atoms with E-state index in [2.05, 4.69) is 12.6 Å². The van der Waals surface area contributed by atoms with Crippen molar-refractivity contribution in [2.75, 3.05) is 0 Å². The average molecular weight is 228 g/mol. The Morgan fingerprint density at radius 2 is 2.29 bits per heavy atom. The van der Waals surface area contributed by atoms with Crippen LogP contribution in [0.2, 0.25) is 5.02 Å². The van der Waals surface area contributed by atoms with Crippen molar-refractivity contribution in [3.63, 3.8) is 0 Å². The molecule has 0 aliphatic carbocycles. The van der Waals surface area contributed by atoms with Gasteiger partial charge in [0, 0.05) is 22.7 Å². The highest BCUT2D eigenvalue weighted by molar-refractivity contribution is 7.80. The largest absolute Gasteiger partial charge is 0.323 e. The third-order valence-corrected chi connectivity index (χ3v) is 3.02. The van der Waals surface area contributed by atoms with E-state index in [4.69, 9.17) is 11.6 Å². The van der Waals surface area contributed by atoms with Gasteiger partial charge in [-0.3, -0.25) is 4.79 Å². The smallest absolute Gasteiger partial charge is 0.255 e. The number of carbonyl (C=O) groups excluding carboxylic acids is 1. The molecule has 1 aromatic carbocycles. The Bertz CT molecular complexity index is 392. The zero-order chi connectivity index (χ0) is 10.3. The fraction of sp³-hybridized carbons (Fsp3) is 0.300. The SMILES string of the molecule is CC(S)N1Cc2c(Cl)cccc2C1=O. The first-order valence-corrected chi connectivity index (χ1v) is 5.27.